The molecule has 3 unspecified atom stereocenters. The van der Waals surface area contributed by atoms with E-state index < -0.39 is 5.97 Å². The van der Waals surface area contributed by atoms with Crippen molar-refractivity contribution in [2.75, 3.05) is 13.7 Å². The molecule has 2 N–H and O–H groups in total. The molecule has 0 spiro atoms. The molecule has 3 atom stereocenters. The minimum Gasteiger partial charge on any atom is -0.481 e. The first-order chi connectivity index (χ1) is 8.58. The number of aliphatic carboxylic acids is 1. The molecule has 1 fully saturated rings. The molecule has 0 aliphatic heterocycles. The quantitative estimate of drug-likeness (QED) is 0.723. The molecule has 0 radical (unpaired) electrons. The number of amides is 1. The number of carbonyl (C=O) groups is 2. The zero-order valence-electron chi connectivity index (χ0n) is 11.1. The second-order valence-corrected chi connectivity index (χ2v) is 4.99. The number of rotatable bonds is 7. The smallest absolute Gasteiger partial charge is 0.306 e. The molecule has 5 nitrogen and oxygen atoms in total. The van der Waals surface area contributed by atoms with Gasteiger partial charge in [-0.3, -0.25) is 9.59 Å². The first kappa shape index (κ1) is 15.0. The van der Waals surface area contributed by atoms with Crippen LogP contribution < -0.4 is 5.32 Å². The number of carboxylic acid groups (broad SMARTS) is 1. The number of carbonyl (C=O) groups excluding carboxylic acids is 1. The fraction of sp³-hybridized carbons (Fsp3) is 0.846. The minimum absolute atomic E-state index is 0.0192. The van der Waals surface area contributed by atoms with Crippen LogP contribution in [-0.4, -0.2) is 36.7 Å². The maximum absolute atomic E-state index is 12.0. The van der Waals surface area contributed by atoms with Crippen molar-refractivity contribution in [2.24, 2.45) is 11.8 Å². The Kier molecular flexibility index (Phi) is 6.12. The van der Waals surface area contributed by atoms with E-state index in [0.717, 1.165) is 12.8 Å². The second-order valence-electron chi connectivity index (χ2n) is 4.99. The zero-order chi connectivity index (χ0) is 13.5. The summed E-state index contributed by atoms with van der Waals surface area (Å²) in [7, 11) is 1.62. The molecule has 104 valence electrons. The highest BCUT2D eigenvalue weighted by Crippen LogP contribution is 2.31. The summed E-state index contributed by atoms with van der Waals surface area (Å²) in [6.45, 7) is 2.57. The summed E-state index contributed by atoms with van der Waals surface area (Å²) >= 11 is 0. The van der Waals surface area contributed by atoms with E-state index in [1.54, 1.807) is 7.11 Å². The van der Waals surface area contributed by atoms with Gasteiger partial charge in [0.1, 0.15) is 0 Å². The normalized spacial score (nSPS) is 24.8. The van der Waals surface area contributed by atoms with Crippen LogP contribution in [0.15, 0.2) is 0 Å². The Morgan fingerprint density at radius 1 is 1.39 bits per heavy atom. The Morgan fingerprint density at radius 3 is 2.56 bits per heavy atom. The molecule has 1 aliphatic carbocycles. The van der Waals surface area contributed by atoms with Gasteiger partial charge in [-0.1, -0.05) is 13.3 Å². The molecule has 0 aromatic rings. The SMILES string of the molecule is CCCC(COC)NC(=O)C1CCC(C(=O)O)C1. The lowest BCUT2D eigenvalue weighted by Gasteiger charge is -2.19. The molecule has 0 saturated heterocycles. The van der Waals surface area contributed by atoms with Crippen LogP contribution in [0.3, 0.4) is 0 Å². The molecule has 1 saturated carbocycles. The molecule has 1 rings (SSSR count). The molecule has 5 heteroatoms. The Morgan fingerprint density at radius 2 is 2.06 bits per heavy atom. The topological polar surface area (TPSA) is 75.6 Å². The van der Waals surface area contributed by atoms with Gasteiger partial charge in [-0.2, -0.15) is 0 Å². The maximum Gasteiger partial charge on any atom is 0.306 e. The largest absolute Gasteiger partial charge is 0.481 e. The lowest BCUT2D eigenvalue weighted by Crippen LogP contribution is -2.41. The average molecular weight is 257 g/mol. The van der Waals surface area contributed by atoms with Gasteiger partial charge in [-0.15, -0.1) is 0 Å². The lowest BCUT2D eigenvalue weighted by atomic mass is 10.0. The van der Waals surface area contributed by atoms with Crippen LogP contribution in [0.2, 0.25) is 0 Å². The van der Waals surface area contributed by atoms with Gasteiger partial charge in [0.05, 0.1) is 18.6 Å². The maximum atomic E-state index is 12.0. The van der Waals surface area contributed by atoms with E-state index in [-0.39, 0.29) is 23.8 Å². The van der Waals surface area contributed by atoms with Crippen molar-refractivity contribution in [3.63, 3.8) is 0 Å². The highest BCUT2D eigenvalue weighted by atomic mass is 16.5. The van der Waals surface area contributed by atoms with Crippen LogP contribution in [0.5, 0.6) is 0 Å². The van der Waals surface area contributed by atoms with Gasteiger partial charge in [0.25, 0.3) is 0 Å². The third-order valence-corrected chi connectivity index (χ3v) is 3.50. The summed E-state index contributed by atoms with van der Waals surface area (Å²) < 4.78 is 5.07. The lowest BCUT2D eigenvalue weighted by molar-refractivity contribution is -0.141. The van der Waals surface area contributed by atoms with Crippen LogP contribution in [0, 0.1) is 11.8 Å². The highest BCUT2D eigenvalue weighted by Gasteiger charge is 2.34. The standard InChI is InChI=1S/C13H23NO4/c1-3-4-11(8-18-2)14-12(15)9-5-6-10(7-9)13(16)17/h9-11H,3-8H2,1-2H3,(H,14,15)(H,16,17). The summed E-state index contributed by atoms with van der Waals surface area (Å²) in [4.78, 5) is 22.9. The van der Waals surface area contributed by atoms with E-state index >= 15 is 0 Å². The van der Waals surface area contributed by atoms with Crippen molar-refractivity contribution in [1.82, 2.24) is 5.32 Å². The number of hydrogen-bond donors (Lipinski definition) is 2. The zero-order valence-corrected chi connectivity index (χ0v) is 11.1. The summed E-state index contributed by atoms with van der Waals surface area (Å²) in [5, 5.41) is 11.9. The van der Waals surface area contributed by atoms with Crippen molar-refractivity contribution in [3.8, 4) is 0 Å². The monoisotopic (exact) mass is 257 g/mol. The fourth-order valence-corrected chi connectivity index (χ4v) is 2.51. The summed E-state index contributed by atoms with van der Waals surface area (Å²) in [5.74, 6) is -1.31. The Labute approximate surface area is 108 Å². The summed E-state index contributed by atoms with van der Waals surface area (Å²) in [6, 6.07) is 0.0383. The van der Waals surface area contributed by atoms with Gasteiger partial charge in [0.15, 0.2) is 0 Å². The summed E-state index contributed by atoms with van der Waals surface area (Å²) in [6.07, 6.45) is 3.61. The molecule has 0 heterocycles. The molecule has 1 aliphatic rings. The van der Waals surface area contributed by atoms with Crippen molar-refractivity contribution in [1.29, 1.82) is 0 Å². The van der Waals surface area contributed by atoms with Crippen LogP contribution in [-0.2, 0) is 14.3 Å². The number of ether oxygens (including phenoxy) is 1. The van der Waals surface area contributed by atoms with Crippen molar-refractivity contribution in [2.45, 2.75) is 45.1 Å². The second kappa shape index (κ2) is 7.36. The van der Waals surface area contributed by atoms with Crippen LogP contribution in [0.4, 0.5) is 0 Å². The number of carboxylic acids is 1. The van der Waals surface area contributed by atoms with Gasteiger partial charge >= 0.3 is 5.97 Å². The van der Waals surface area contributed by atoms with E-state index in [1.165, 1.54) is 0 Å². The van der Waals surface area contributed by atoms with Crippen LogP contribution in [0.1, 0.15) is 39.0 Å². The number of methoxy groups -OCH3 is 1. The van der Waals surface area contributed by atoms with E-state index in [4.69, 9.17) is 9.84 Å². The molecule has 0 aromatic carbocycles. The molecule has 18 heavy (non-hydrogen) atoms. The Bertz CT molecular complexity index is 287. The molecular weight excluding hydrogens is 234 g/mol. The molecule has 1 amide bonds. The minimum atomic E-state index is -0.785. The third-order valence-electron chi connectivity index (χ3n) is 3.50. The van der Waals surface area contributed by atoms with Crippen LogP contribution in [0.25, 0.3) is 0 Å². The first-order valence-electron chi connectivity index (χ1n) is 6.60. The number of hydrogen-bond acceptors (Lipinski definition) is 3. The van der Waals surface area contributed by atoms with E-state index in [9.17, 15) is 9.59 Å². The van der Waals surface area contributed by atoms with Gasteiger partial charge in [-0.25, -0.2) is 0 Å². The predicted molar refractivity (Wildman–Crippen MR) is 67.2 cm³/mol. The van der Waals surface area contributed by atoms with Gasteiger partial charge in [0, 0.05) is 13.0 Å². The van der Waals surface area contributed by atoms with E-state index in [2.05, 4.69) is 12.2 Å². The number of nitrogens with one attached hydrogen (secondary N) is 1. The molecule has 0 aromatic heterocycles. The van der Waals surface area contributed by atoms with Crippen molar-refractivity contribution >= 4 is 11.9 Å². The van der Waals surface area contributed by atoms with E-state index in [1.807, 2.05) is 0 Å². The van der Waals surface area contributed by atoms with Gasteiger partial charge in [0.2, 0.25) is 5.91 Å². The average Bonchev–Trinajstić information content (AvgIpc) is 2.79. The van der Waals surface area contributed by atoms with Gasteiger partial charge < -0.3 is 15.2 Å². The first-order valence-corrected chi connectivity index (χ1v) is 6.60. The van der Waals surface area contributed by atoms with Crippen LogP contribution >= 0.6 is 0 Å². The Balaban J connectivity index is 2.42. The van der Waals surface area contributed by atoms with Crippen molar-refractivity contribution < 1.29 is 19.4 Å². The Hall–Kier alpha value is -1.10. The highest BCUT2D eigenvalue weighted by molar-refractivity contribution is 5.81. The molecule has 0 bridgehead atoms. The van der Waals surface area contributed by atoms with Crippen molar-refractivity contribution in [3.05, 3.63) is 0 Å². The van der Waals surface area contributed by atoms with E-state index in [0.29, 0.717) is 25.9 Å². The summed E-state index contributed by atoms with van der Waals surface area (Å²) in [5.41, 5.74) is 0. The predicted octanol–water partition coefficient (Wildman–Crippen LogP) is 1.42. The fourth-order valence-electron chi connectivity index (χ4n) is 2.51. The van der Waals surface area contributed by atoms with Gasteiger partial charge in [-0.05, 0) is 25.7 Å². The molecular formula is C13H23NO4. The third kappa shape index (κ3) is 4.29.